The molecule has 4 N–H and O–H groups in total. The highest BCUT2D eigenvalue weighted by atomic mass is 16.6. The second-order valence-corrected chi connectivity index (χ2v) is 2.56. The lowest BCUT2D eigenvalue weighted by atomic mass is 10.4. The molecule has 0 spiro atoms. The number of rotatable bonds is 3. The lowest BCUT2D eigenvalue weighted by Crippen LogP contribution is -2.31. The highest BCUT2D eigenvalue weighted by Gasteiger charge is 2.12. The molecule has 0 amide bonds. The first-order valence-corrected chi connectivity index (χ1v) is 4.22. The minimum Gasteiger partial charge on any atom is -0.445 e. The Hall–Kier alpha value is -0.650. The third-order valence-corrected chi connectivity index (χ3v) is 1.01. The molecule has 5 heteroatoms. The summed E-state index contributed by atoms with van der Waals surface area (Å²) >= 11 is 0. The third kappa shape index (κ3) is 11.3. The summed E-state index contributed by atoms with van der Waals surface area (Å²) in [5.74, 6) is -0.672. The Bertz CT molecular complexity index is 129. The van der Waals surface area contributed by atoms with Gasteiger partial charge in [-0.05, 0) is 27.4 Å². The zero-order chi connectivity index (χ0) is 10.9. The monoisotopic (exact) mass is 192 g/mol. The van der Waals surface area contributed by atoms with Crippen LogP contribution in [0.3, 0.4) is 0 Å². The quantitative estimate of drug-likeness (QED) is 0.412. The van der Waals surface area contributed by atoms with E-state index in [1.165, 1.54) is 6.92 Å². The predicted octanol–water partition coefficient (Wildman–Crippen LogP) is -0.559. The van der Waals surface area contributed by atoms with E-state index < -0.39 is 18.3 Å². The van der Waals surface area contributed by atoms with Crippen molar-refractivity contribution in [3.05, 3.63) is 0 Å². The van der Waals surface area contributed by atoms with E-state index in [-0.39, 0.29) is 0 Å². The van der Waals surface area contributed by atoms with E-state index in [2.05, 4.69) is 10.1 Å². The first kappa shape index (κ1) is 14.9. The number of esters is 1. The maximum absolute atomic E-state index is 10.6. The van der Waals surface area contributed by atoms with Gasteiger partial charge in [0.15, 0.2) is 6.23 Å². The second-order valence-electron chi connectivity index (χ2n) is 2.56. The third-order valence-electron chi connectivity index (χ3n) is 1.01. The number of hydrogen-bond donors (Lipinski definition) is 3. The van der Waals surface area contributed by atoms with Crippen LogP contribution in [0, 0.1) is 0 Å². The van der Waals surface area contributed by atoms with Gasteiger partial charge in [0.2, 0.25) is 0 Å². The summed E-state index contributed by atoms with van der Waals surface area (Å²) in [6.07, 6.45) is -1.13. The number of carbonyl (C=O) groups excluding carboxylic acids is 1. The molecule has 2 atom stereocenters. The Morgan fingerprint density at radius 3 is 2.23 bits per heavy atom. The first-order valence-electron chi connectivity index (χ1n) is 4.22. The van der Waals surface area contributed by atoms with Crippen molar-refractivity contribution >= 4 is 5.97 Å². The minimum absolute atomic E-state index is 0.554. The van der Waals surface area contributed by atoms with Crippen LogP contribution in [0.15, 0.2) is 0 Å². The molecular formula is C8H20N2O3. The maximum atomic E-state index is 10.6. The van der Waals surface area contributed by atoms with Crippen molar-refractivity contribution in [2.45, 2.75) is 32.6 Å². The zero-order valence-electron chi connectivity index (χ0n) is 8.70. The summed E-state index contributed by atoms with van der Waals surface area (Å²) < 4.78 is 4.55. The van der Waals surface area contributed by atoms with Gasteiger partial charge in [0.25, 0.3) is 0 Å². The zero-order valence-corrected chi connectivity index (χ0v) is 8.70. The van der Waals surface area contributed by atoms with Crippen LogP contribution in [0.2, 0.25) is 0 Å². The van der Waals surface area contributed by atoms with Crippen LogP contribution in [0.1, 0.15) is 20.3 Å². The van der Waals surface area contributed by atoms with E-state index in [4.69, 9.17) is 10.8 Å². The van der Waals surface area contributed by atoms with Gasteiger partial charge in [-0.25, -0.2) is 4.79 Å². The molecule has 0 aromatic carbocycles. The number of ether oxygens (including phenoxy) is 1. The predicted molar refractivity (Wildman–Crippen MR) is 51.0 cm³/mol. The normalized spacial score (nSPS) is 13.7. The van der Waals surface area contributed by atoms with Crippen LogP contribution in [-0.2, 0) is 9.53 Å². The summed E-state index contributed by atoms with van der Waals surface area (Å²) in [6.45, 7) is 3.13. The molecule has 0 radical (unpaired) electrons. The van der Waals surface area contributed by atoms with Crippen LogP contribution in [0.25, 0.3) is 0 Å². The summed E-state index contributed by atoms with van der Waals surface area (Å²) in [5, 5.41) is 11.4. The van der Waals surface area contributed by atoms with Crippen LogP contribution in [0.5, 0.6) is 0 Å². The highest BCUT2D eigenvalue weighted by molar-refractivity contribution is 5.73. The fourth-order valence-corrected chi connectivity index (χ4v) is 0.331. The van der Waals surface area contributed by atoms with Gasteiger partial charge in [-0.3, -0.25) is 5.73 Å². The number of nitrogens with one attached hydrogen (secondary N) is 1. The van der Waals surface area contributed by atoms with E-state index in [1.807, 2.05) is 14.1 Å². The van der Waals surface area contributed by atoms with Gasteiger partial charge in [-0.2, -0.15) is 0 Å². The van der Waals surface area contributed by atoms with E-state index in [9.17, 15) is 4.79 Å². The Morgan fingerprint density at radius 2 is 2.00 bits per heavy atom. The van der Waals surface area contributed by atoms with Crippen LogP contribution >= 0.6 is 0 Å². The number of hydrogen-bond acceptors (Lipinski definition) is 5. The number of aliphatic hydroxyl groups excluding tert-OH is 1. The number of nitrogens with two attached hydrogens (primary N) is 1. The molecule has 0 rings (SSSR count). The standard InChI is InChI=1S/C6H13NO3.C2H7N/c1-3-5(7)10-6(9)4(2)8;1-3-2/h4-5,8H,3,7H2,1-2H3;3H,1-2H3. The minimum atomic E-state index is -1.09. The number of carbonyl (C=O) groups is 1. The topological polar surface area (TPSA) is 84.6 Å². The molecule has 0 aliphatic rings. The molecule has 80 valence electrons. The van der Waals surface area contributed by atoms with Gasteiger partial charge in [0, 0.05) is 0 Å². The van der Waals surface area contributed by atoms with Gasteiger partial charge in [-0.15, -0.1) is 0 Å². The van der Waals surface area contributed by atoms with Crippen molar-refractivity contribution in [2.75, 3.05) is 14.1 Å². The van der Waals surface area contributed by atoms with E-state index in [0.717, 1.165) is 0 Å². The largest absolute Gasteiger partial charge is 0.445 e. The molecule has 2 unspecified atom stereocenters. The molecule has 0 heterocycles. The van der Waals surface area contributed by atoms with Gasteiger partial charge in [-0.1, -0.05) is 6.92 Å². The maximum Gasteiger partial charge on any atom is 0.336 e. The second kappa shape index (κ2) is 9.44. The molecule has 0 saturated carbocycles. The van der Waals surface area contributed by atoms with Gasteiger partial charge < -0.3 is 15.2 Å². The van der Waals surface area contributed by atoms with Crippen molar-refractivity contribution in [3.63, 3.8) is 0 Å². The van der Waals surface area contributed by atoms with E-state index in [1.54, 1.807) is 6.92 Å². The van der Waals surface area contributed by atoms with E-state index in [0.29, 0.717) is 6.42 Å². The van der Waals surface area contributed by atoms with Crippen LogP contribution in [0.4, 0.5) is 0 Å². The summed E-state index contributed by atoms with van der Waals surface area (Å²) in [6, 6.07) is 0. The molecule has 0 aliphatic carbocycles. The van der Waals surface area contributed by atoms with Gasteiger partial charge in [0.05, 0.1) is 0 Å². The Balaban J connectivity index is 0. The van der Waals surface area contributed by atoms with Gasteiger partial charge >= 0.3 is 5.97 Å². The Kier molecular flexibility index (Phi) is 10.8. The Labute approximate surface area is 79.3 Å². The average molecular weight is 192 g/mol. The average Bonchev–Trinajstić information content (AvgIpc) is 2.05. The smallest absolute Gasteiger partial charge is 0.336 e. The van der Waals surface area contributed by atoms with Crippen molar-refractivity contribution in [3.8, 4) is 0 Å². The fraction of sp³-hybridized carbons (Fsp3) is 0.875. The molecule has 0 fully saturated rings. The van der Waals surface area contributed by atoms with Crippen molar-refractivity contribution < 1.29 is 14.6 Å². The van der Waals surface area contributed by atoms with Crippen molar-refractivity contribution in [1.29, 1.82) is 0 Å². The molecule has 0 saturated heterocycles. The molecule has 0 bridgehead atoms. The summed E-state index contributed by atoms with van der Waals surface area (Å²) in [7, 11) is 3.75. The molecule has 0 aliphatic heterocycles. The molecular weight excluding hydrogens is 172 g/mol. The highest BCUT2D eigenvalue weighted by Crippen LogP contribution is 1.93. The van der Waals surface area contributed by atoms with Crippen LogP contribution < -0.4 is 11.1 Å². The Morgan fingerprint density at radius 1 is 1.62 bits per heavy atom. The van der Waals surface area contributed by atoms with Crippen LogP contribution in [-0.4, -0.2) is 37.5 Å². The fourth-order valence-electron chi connectivity index (χ4n) is 0.331. The summed E-state index contributed by atoms with van der Waals surface area (Å²) in [4.78, 5) is 10.6. The first-order chi connectivity index (χ1) is 5.99. The number of aliphatic hydroxyl groups is 1. The molecule has 0 aromatic rings. The van der Waals surface area contributed by atoms with Crippen molar-refractivity contribution in [2.24, 2.45) is 5.73 Å². The SMILES string of the molecule is CCC(N)OC(=O)C(C)O.CNC. The van der Waals surface area contributed by atoms with Crippen molar-refractivity contribution in [1.82, 2.24) is 5.32 Å². The molecule has 0 aromatic heterocycles. The lowest BCUT2D eigenvalue weighted by molar-refractivity contribution is -0.157. The van der Waals surface area contributed by atoms with E-state index >= 15 is 0 Å². The molecule has 13 heavy (non-hydrogen) atoms. The van der Waals surface area contributed by atoms with Gasteiger partial charge in [0.1, 0.15) is 6.10 Å². The summed E-state index contributed by atoms with van der Waals surface area (Å²) in [5.41, 5.74) is 5.26. The lowest BCUT2D eigenvalue weighted by Gasteiger charge is -2.11. The molecule has 5 nitrogen and oxygen atoms in total.